The van der Waals surface area contributed by atoms with E-state index in [1.165, 1.54) is 0 Å². The summed E-state index contributed by atoms with van der Waals surface area (Å²) in [5.74, 6) is 0.162. The normalized spacial score (nSPS) is 10.1. The third-order valence-electron chi connectivity index (χ3n) is 1.29. The zero-order valence-corrected chi connectivity index (χ0v) is 7.71. The minimum absolute atomic E-state index is 0.105. The number of benzene rings is 1. The van der Waals surface area contributed by atoms with Crippen LogP contribution in [0.4, 0.5) is 0 Å². The Bertz CT molecular complexity index is 273. The Morgan fingerprint density at radius 1 is 1.27 bits per heavy atom. The number of halogens is 3. The highest BCUT2D eigenvalue weighted by Gasteiger charge is 2.07. The number of rotatable bonds is 1. The van der Waals surface area contributed by atoms with Crippen LogP contribution in [0.1, 0.15) is 5.56 Å². The van der Waals surface area contributed by atoms with Crippen LogP contribution in [-0.4, -0.2) is 5.11 Å². The first-order valence-electron chi connectivity index (χ1n) is 2.88. The molecule has 1 rings (SSSR count). The van der Waals surface area contributed by atoms with Crippen molar-refractivity contribution in [3.8, 4) is 5.75 Å². The Labute approximate surface area is 79.5 Å². The summed E-state index contributed by atoms with van der Waals surface area (Å²) in [6.07, 6.45) is 0. The predicted molar refractivity (Wildman–Crippen MR) is 47.7 cm³/mol. The van der Waals surface area contributed by atoms with E-state index >= 15 is 0 Å². The lowest BCUT2D eigenvalue weighted by Crippen LogP contribution is -1.80. The van der Waals surface area contributed by atoms with Gasteiger partial charge in [-0.25, -0.2) is 0 Å². The van der Waals surface area contributed by atoms with E-state index in [2.05, 4.69) is 0 Å². The fourth-order valence-electron chi connectivity index (χ4n) is 0.686. The van der Waals surface area contributed by atoms with Gasteiger partial charge in [0.1, 0.15) is 0 Å². The van der Waals surface area contributed by atoms with Gasteiger partial charge in [0.2, 0.25) is 0 Å². The molecular weight excluding hydrogens is 206 g/mol. The molecule has 1 aromatic carbocycles. The molecule has 1 aromatic rings. The van der Waals surface area contributed by atoms with E-state index in [0.717, 1.165) is 0 Å². The number of alkyl halides is 1. The van der Waals surface area contributed by atoms with E-state index in [4.69, 9.17) is 34.8 Å². The van der Waals surface area contributed by atoms with E-state index in [1.807, 2.05) is 0 Å². The van der Waals surface area contributed by atoms with E-state index in [0.29, 0.717) is 5.56 Å². The third kappa shape index (κ3) is 1.73. The van der Waals surface area contributed by atoms with Crippen molar-refractivity contribution in [1.82, 2.24) is 0 Å². The maximum Gasteiger partial charge on any atom is 0.153 e. The minimum Gasteiger partial charge on any atom is -0.505 e. The van der Waals surface area contributed by atoms with Crippen LogP contribution in [0.5, 0.6) is 5.75 Å². The molecule has 0 atom stereocenters. The fraction of sp³-hybridized carbons (Fsp3) is 0.143. The van der Waals surface area contributed by atoms with E-state index < -0.39 is 0 Å². The minimum atomic E-state index is -0.105. The van der Waals surface area contributed by atoms with E-state index in [-0.39, 0.29) is 21.7 Å². The van der Waals surface area contributed by atoms with Gasteiger partial charge < -0.3 is 5.11 Å². The predicted octanol–water partition coefficient (Wildman–Crippen LogP) is 3.44. The molecule has 1 nitrogen and oxygen atoms in total. The van der Waals surface area contributed by atoms with Crippen LogP contribution >= 0.6 is 34.8 Å². The molecule has 0 aliphatic rings. The van der Waals surface area contributed by atoms with Gasteiger partial charge >= 0.3 is 0 Å². The smallest absolute Gasteiger partial charge is 0.153 e. The van der Waals surface area contributed by atoms with Gasteiger partial charge in [0.15, 0.2) is 5.75 Å². The zero-order chi connectivity index (χ0) is 8.43. The first-order valence-corrected chi connectivity index (χ1v) is 4.17. The molecule has 0 saturated heterocycles. The Morgan fingerprint density at radius 3 is 2.45 bits per heavy atom. The van der Waals surface area contributed by atoms with Gasteiger partial charge in [-0.2, -0.15) is 0 Å². The fourth-order valence-corrected chi connectivity index (χ4v) is 1.41. The maximum absolute atomic E-state index is 9.20. The molecule has 4 heteroatoms. The van der Waals surface area contributed by atoms with Gasteiger partial charge in [0.25, 0.3) is 0 Å². The van der Waals surface area contributed by atoms with Crippen LogP contribution in [-0.2, 0) is 5.88 Å². The third-order valence-corrected chi connectivity index (χ3v) is 2.31. The van der Waals surface area contributed by atoms with Crippen LogP contribution in [0.3, 0.4) is 0 Å². The Hall–Kier alpha value is -0.110. The highest BCUT2D eigenvalue weighted by molar-refractivity contribution is 6.38. The van der Waals surface area contributed by atoms with Crippen molar-refractivity contribution in [2.75, 3.05) is 0 Å². The quantitative estimate of drug-likeness (QED) is 0.706. The summed E-state index contributed by atoms with van der Waals surface area (Å²) >= 11 is 16.8. The molecule has 0 spiro atoms. The number of phenols is 1. The molecule has 1 N–H and O–H groups in total. The molecule has 0 saturated carbocycles. The van der Waals surface area contributed by atoms with Crippen molar-refractivity contribution in [1.29, 1.82) is 0 Å². The average Bonchev–Trinajstić information content (AvgIpc) is 2.01. The van der Waals surface area contributed by atoms with Crippen molar-refractivity contribution >= 4 is 34.8 Å². The summed E-state index contributed by atoms with van der Waals surface area (Å²) < 4.78 is 0. The first-order chi connectivity index (χ1) is 5.16. The maximum atomic E-state index is 9.20. The zero-order valence-electron chi connectivity index (χ0n) is 5.44. The van der Waals surface area contributed by atoms with Crippen molar-refractivity contribution in [2.24, 2.45) is 0 Å². The second kappa shape index (κ2) is 3.53. The highest BCUT2D eigenvalue weighted by atomic mass is 35.5. The standard InChI is InChI=1S/C7H5Cl3O/c8-3-4-1-2-5(9)7(11)6(4)10/h1-2,11H,3H2. The van der Waals surface area contributed by atoms with Gasteiger partial charge in [0, 0.05) is 5.88 Å². The summed E-state index contributed by atoms with van der Waals surface area (Å²) in [4.78, 5) is 0. The lowest BCUT2D eigenvalue weighted by atomic mass is 10.2. The lowest BCUT2D eigenvalue weighted by molar-refractivity contribution is 0.475. The molecule has 0 aliphatic heterocycles. The molecule has 0 unspecified atom stereocenters. The summed E-state index contributed by atoms with van der Waals surface area (Å²) in [6.45, 7) is 0. The van der Waals surface area contributed by atoms with Crippen molar-refractivity contribution < 1.29 is 5.11 Å². The molecule has 0 heterocycles. The summed E-state index contributed by atoms with van der Waals surface area (Å²) in [5.41, 5.74) is 0.676. The molecule has 0 bridgehead atoms. The van der Waals surface area contributed by atoms with Crippen LogP contribution in [0.15, 0.2) is 12.1 Å². The molecule has 0 amide bonds. The molecular formula is C7H5Cl3O. The molecule has 0 radical (unpaired) electrons. The van der Waals surface area contributed by atoms with E-state index in [1.54, 1.807) is 12.1 Å². The monoisotopic (exact) mass is 210 g/mol. The topological polar surface area (TPSA) is 20.2 Å². The molecule has 0 aromatic heterocycles. The number of hydrogen-bond acceptors (Lipinski definition) is 1. The molecule has 11 heavy (non-hydrogen) atoms. The largest absolute Gasteiger partial charge is 0.505 e. The van der Waals surface area contributed by atoms with Gasteiger partial charge in [-0.3, -0.25) is 0 Å². The van der Waals surface area contributed by atoms with Crippen LogP contribution in [0.25, 0.3) is 0 Å². The Morgan fingerprint density at radius 2 is 1.91 bits per heavy atom. The van der Waals surface area contributed by atoms with Crippen molar-refractivity contribution in [3.63, 3.8) is 0 Å². The molecule has 0 fully saturated rings. The van der Waals surface area contributed by atoms with Gasteiger partial charge in [-0.15, -0.1) is 11.6 Å². The van der Waals surface area contributed by atoms with Crippen LogP contribution < -0.4 is 0 Å². The SMILES string of the molecule is Oc1c(Cl)ccc(CCl)c1Cl. The van der Waals surface area contributed by atoms with E-state index in [9.17, 15) is 5.11 Å². The number of hydrogen-bond donors (Lipinski definition) is 1. The first kappa shape index (κ1) is 8.98. The second-order valence-electron chi connectivity index (χ2n) is 2.00. The lowest BCUT2D eigenvalue weighted by Gasteiger charge is -2.02. The highest BCUT2D eigenvalue weighted by Crippen LogP contribution is 2.34. The van der Waals surface area contributed by atoms with Gasteiger partial charge in [0.05, 0.1) is 10.0 Å². The second-order valence-corrected chi connectivity index (χ2v) is 3.06. The van der Waals surface area contributed by atoms with Gasteiger partial charge in [-0.1, -0.05) is 29.3 Å². The number of phenolic OH excluding ortho intramolecular Hbond substituents is 1. The van der Waals surface area contributed by atoms with Crippen LogP contribution in [0, 0.1) is 0 Å². The van der Waals surface area contributed by atoms with Crippen molar-refractivity contribution in [2.45, 2.75) is 5.88 Å². The molecule has 60 valence electrons. The number of aromatic hydroxyl groups is 1. The Kier molecular flexibility index (Phi) is 2.88. The van der Waals surface area contributed by atoms with Gasteiger partial charge in [-0.05, 0) is 11.6 Å². The van der Waals surface area contributed by atoms with Crippen LogP contribution in [0.2, 0.25) is 10.0 Å². The summed E-state index contributed by atoms with van der Waals surface area (Å²) in [6, 6.07) is 3.23. The van der Waals surface area contributed by atoms with Crippen molar-refractivity contribution in [3.05, 3.63) is 27.7 Å². The Balaban J connectivity index is 3.25. The average molecular weight is 211 g/mol. The molecule has 0 aliphatic carbocycles. The summed E-state index contributed by atoms with van der Waals surface area (Å²) in [5, 5.41) is 9.66. The summed E-state index contributed by atoms with van der Waals surface area (Å²) in [7, 11) is 0.